The second-order valence-electron chi connectivity index (χ2n) is 8.16. The highest BCUT2D eigenvalue weighted by molar-refractivity contribution is 7.89. The molecule has 11 heteroatoms. The highest BCUT2D eigenvalue weighted by Crippen LogP contribution is 2.26. The van der Waals surface area contributed by atoms with Crippen LogP contribution in [0.25, 0.3) is 10.8 Å². The number of nitrogen functional groups attached to an aromatic ring is 1. The summed E-state index contributed by atoms with van der Waals surface area (Å²) in [6.07, 6.45) is 0. The van der Waals surface area contributed by atoms with E-state index in [0.29, 0.717) is 17.9 Å². The minimum absolute atomic E-state index is 0.0397. The van der Waals surface area contributed by atoms with Gasteiger partial charge >= 0.3 is 0 Å². The number of methoxy groups -OCH3 is 1. The number of carbonyl (C=O) groups excluding carboxylic acids is 1. The molecular weight excluding hydrogens is 484 g/mol. The molecule has 0 aliphatic carbocycles. The van der Waals surface area contributed by atoms with Gasteiger partial charge in [-0.05, 0) is 46.7 Å². The number of ether oxygens (including phenoxy) is 1. The summed E-state index contributed by atoms with van der Waals surface area (Å²) in [7, 11) is -2.26. The summed E-state index contributed by atoms with van der Waals surface area (Å²) in [5, 5.41) is 16.6. The van der Waals surface area contributed by atoms with Crippen LogP contribution in [-0.4, -0.2) is 67.2 Å². The molecule has 1 saturated heterocycles. The fraction of sp³-hybridized carbons (Fsp3) is 0.240. The quantitative estimate of drug-likeness (QED) is 0.338. The molecule has 1 fully saturated rings. The Morgan fingerprint density at radius 3 is 2.42 bits per heavy atom. The number of amidine groups is 1. The number of carbonyl (C=O) groups is 2. The lowest BCUT2D eigenvalue weighted by molar-refractivity contribution is -0.135. The van der Waals surface area contributed by atoms with Crippen molar-refractivity contribution < 1.29 is 27.9 Å². The zero-order valence-electron chi connectivity index (χ0n) is 20.0. The Bertz CT molecular complexity index is 1400. The van der Waals surface area contributed by atoms with Crippen molar-refractivity contribution in [3.63, 3.8) is 0 Å². The maximum Gasteiger partial charge on any atom is 0.300 e. The van der Waals surface area contributed by atoms with Crippen molar-refractivity contribution in [1.82, 2.24) is 9.21 Å². The second kappa shape index (κ2) is 11.2. The number of nitrogens with one attached hydrogen (secondary N) is 1. The molecule has 0 unspecified atom stereocenters. The first-order valence-corrected chi connectivity index (χ1v) is 12.4. The van der Waals surface area contributed by atoms with Crippen LogP contribution in [0.5, 0.6) is 5.75 Å². The highest BCUT2D eigenvalue weighted by atomic mass is 32.2. The van der Waals surface area contributed by atoms with Crippen molar-refractivity contribution in [3.8, 4) is 5.75 Å². The van der Waals surface area contributed by atoms with Gasteiger partial charge in [0.05, 0.1) is 18.6 Å². The first-order valence-electron chi connectivity index (χ1n) is 11.0. The Balaban J connectivity index is 0.000000840. The first-order chi connectivity index (χ1) is 17.0. The van der Waals surface area contributed by atoms with Crippen LogP contribution in [0.1, 0.15) is 18.1 Å². The Morgan fingerprint density at radius 1 is 1.08 bits per heavy atom. The Morgan fingerprint density at radius 2 is 1.78 bits per heavy atom. The molecule has 1 heterocycles. The predicted octanol–water partition coefficient (Wildman–Crippen LogP) is 2.26. The number of piperazine rings is 1. The predicted molar refractivity (Wildman–Crippen MR) is 135 cm³/mol. The molecule has 10 nitrogen and oxygen atoms in total. The molecule has 36 heavy (non-hydrogen) atoms. The van der Waals surface area contributed by atoms with E-state index in [0.717, 1.165) is 23.3 Å². The minimum Gasteiger partial charge on any atom is -0.497 e. The number of hydrogen-bond donors (Lipinski definition) is 3. The van der Waals surface area contributed by atoms with Crippen molar-refractivity contribution in [3.05, 3.63) is 71.8 Å². The number of hydrogen-bond acceptors (Lipinski definition) is 6. The first kappa shape index (κ1) is 26.6. The van der Waals surface area contributed by atoms with Crippen LogP contribution in [0.4, 0.5) is 0 Å². The van der Waals surface area contributed by atoms with Crippen LogP contribution in [0.15, 0.2) is 65.6 Å². The van der Waals surface area contributed by atoms with Gasteiger partial charge in [0.25, 0.3) is 5.97 Å². The number of fused-ring (bicyclic) bond motifs is 1. The van der Waals surface area contributed by atoms with Crippen molar-refractivity contribution in [2.24, 2.45) is 5.73 Å². The number of carboxylic acids is 1. The number of nitrogens with two attached hydrogens (primary N) is 1. The van der Waals surface area contributed by atoms with Gasteiger partial charge in [-0.1, -0.05) is 30.3 Å². The van der Waals surface area contributed by atoms with E-state index in [-0.39, 0.29) is 36.3 Å². The summed E-state index contributed by atoms with van der Waals surface area (Å²) in [6.45, 7) is 1.69. The number of amides is 1. The lowest BCUT2D eigenvalue weighted by atomic mass is 10.1. The average Bonchev–Trinajstić information content (AvgIpc) is 2.84. The second-order valence-corrected chi connectivity index (χ2v) is 10.1. The molecule has 0 radical (unpaired) electrons. The molecule has 1 amide bonds. The minimum atomic E-state index is -3.82. The SMILES string of the molecule is CC(=O)O.COc1ccc2ccc(S(=O)(=O)N3CCN(Cc4cccc(C(=N)N)c4)C(=O)C3)cc2c1. The van der Waals surface area contributed by atoms with Crippen LogP contribution < -0.4 is 10.5 Å². The topological polar surface area (TPSA) is 154 Å². The number of nitrogens with zero attached hydrogens (tertiary/aromatic N) is 2. The summed E-state index contributed by atoms with van der Waals surface area (Å²) < 4.78 is 32.9. The molecule has 0 aromatic heterocycles. The summed E-state index contributed by atoms with van der Waals surface area (Å²) in [6, 6.07) is 17.5. The van der Waals surface area contributed by atoms with Crippen molar-refractivity contribution in [2.45, 2.75) is 18.4 Å². The maximum absolute atomic E-state index is 13.2. The van der Waals surface area contributed by atoms with E-state index in [1.807, 2.05) is 18.2 Å². The molecule has 3 aromatic rings. The van der Waals surface area contributed by atoms with Gasteiger partial charge in [0.1, 0.15) is 11.6 Å². The van der Waals surface area contributed by atoms with Gasteiger partial charge < -0.3 is 20.5 Å². The fourth-order valence-corrected chi connectivity index (χ4v) is 5.17. The number of sulfonamides is 1. The Labute approximate surface area is 209 Å². The highest BCUT2D eigenvalue weighted by Gasteiger charge is 2.33. The number of aliphatic carboxylic acids is 1. The van der Waals surface area contributed by atoms with Gasteiger partial charge in [0.15, 0.2) is 0 Å². The third kappa shape index (κ3) is 6.37. The third-order valence-corrected chi connectivity index (χ3v) is 7.39. The molecule has 0 spiro atoms. The van der Waals surface area contributed by atoms with Gasteiger partial charge in [0.2, 0.25) is 15.9 Å². The number of benzene rings is 3. The van der Waals surface area contributed by atoms with Gasteiger partial charge in [-0.25, -0.2) is 8.42 Å². The van der Waals surface area contributed by atoms with Gasteiger partial charge in [-0.2, -0.15) is 4.31 Å². The summed E-state index contributed by atoms with van der Waals surface area (Å²) in [5.74, 6) is -0.498. The number of rotatable bonds is 6. The van der Waals surface area contributed by atoms with E-state index in [1.165, 1.54) is 4.31 Å². The molecule has 190 valence electrons. The van der Waals surface area contributed by atoms with E-state index >= 15 is 0 Å². The zero-order valence-corrected chi connectivity index (χ0v) is 20.8. The van der Waals surface area contributed by atoms with Crippen LogP contribution in [0.3, 0.4) is 0 Å². The number of carboxylic acid groups (broad SMARTS) is 1. The maximum atomic E-state index is 13.2. The van der Waals surface area contributed by atoms with Crippen LogP contribution in [0, 0.1) is 5.41 Å². The summed E-state index contributed by atoms with van der Waals surface area (Å²) >= 11 is 0. The summed E-state index contributed by atoms with van der Waals surface area (Å²) in [4.78, 5) is 23.5. The average molecular weight is 513 g/mol. The molecule has 3 aromatic carbocycles. The van der Waals surface area contributed by atoms with E-state index in [9.17, 15) is 13.2 Å². The van der Waals surface area contributed by atoms with Gasteiger partial charge in [0, 0.05) is 32.1 Å². The van der Waals surface area contributed by atoms with Crippen molar-refractivity contribution in [1.29, 1.82) is 5.41 Å². The molecule has 4 N–H and O–H groups in total. The van der Waals surface area contributed by atoms with Crippen LogP contribution >= 0.6 is 0 Å². The Kier molecular flexibility index (Phi) is 8.28. The monoisotopic (exact) mass is 512 g/mol. The molecule has 1 aliphatic rings. The zero-order chi connectivity index (χ0) is 26.5. The lowest BCUT2D eigenvalue weighted by Gasteiger charge is -2.33. The standard InChI is InChI=1S/C23H24N4O4S.C2H4O2/c1-31-20-7-5-17-6-8-21(13-19(17)12-20)32(29,30)27-10-9-26(22(28)15-27)14-16-3-2-4-18(11-16)23(24)25;1-2(3)4/h2-8,11-13H,9-10,14-15H2,1H3,(H3,24,25);1H3,(H,3,4). The van der Waals surface area contributed by atoms with E-state index in [4.69, 9.17) is 25.8 Å². The van der Waals surface area contributed by atoms with Crippen LogP contribution in [0.2, 0.25) is 0 Å². The molecule has 1 aliphatic heterocycles. The van der Waals surface area contributed by atoms with Crippen molar-refractivity contribution in [2.75, 3.05) is 26.7 Å². The largest absolute Gasteiger partial charge is 0.497 e. The molecule has 0 bridgehead atoms. The fourth-order valence-electron chi connectivity index (χ4n) is 3.76. The normalized spacial score (nSPS) is 14.2. The van der Waals surface area contributed by atoms with E-state index < -0.39 is 16.0 Å². The molecular formula is C25H28N4O6S. The Hall–Kier alpha value is -3.96. The summed E-state index contributed by atoms with van der Waals surface area (Å²) in [5.41, 5.74) is 6.96. The molecule has 4 rings (SSSR count). The molecule has 0 atom stereocenters. The third-order valence-electron chi connectivity index (χ3n) is 5.55. The smallest absolute Gasteiger partial charge is 0.300 e. The van der Waals surface area contributed by atoms with E-state index in [1.54, 1.807) is 54.5 Å². The lowest BCUT2D eigenvalue weighted by Crippen LogP contribution is -2.51. The van der Waals surface area contributed by atoms with E-state index in [2.05, 4.69) is 0 Å². The van der Waals surface area contributed by atoms with Gasteiger partial charge in [-0.3, -0.25) is 15.0 Å². The van der Waals surface area contributed by atoms with Gasteiger partial charge in [-0.15, -0.1) is 0 Å². The van der Waals surface area contributed by atoms with Crippen molar-refractivity contribution >= 4 is 38.5 Å². The van der Waals surface area contributed by atoms with Crippen LogP contribution in [-0.2, 0) is 26.2 Å². The molecule has 0 saturated carbocycles.